The third kappa shape index (κ3) is 4.42. The van der Waals surface area contributed by atoms with Crippen molar-refractivity contribution in [2.24, 2.45) is 0 Å². The van der Waals surface area contributed by atoms with E-state index >= 15 is 0 Å². The van der Waals surface area contributed by atoms with Crippen molar-refractivity contribution in [3.05, 3.63) is 25.4 Å². The van der Waals surface area contributed by atoms with Crippen LogP contribution in [0.25, 0.3) is 0 Å². The number of amides is 2. The molecule has 1 aromatic rings. The van der Waals surface area contributed by atoms with E-state index in [9.17, 15) is 29.4 Å². The highest BCUT2D eigenvalue weighted by Gasteiger charge is 2.40. The molecule has 0 aromatic heterocycles. The van der Waals surface area contributed by atoms with E-state index < -0.39 is 24.0 Å². The van der Waals surface area contributed by atoms with Crippen LogP contribution in [-0.2, 0) is 9.59 Å². The van der Waals surface area contributed by atoms with E-state index in [2.05, 4.69) is 0 Å². The summed E-state index contributed by atoms with van der Waals surface area (Å²) in [6.45, 7) is 0.758. The molecule has 0 unspecified atom stereocenters. The number of hydrogen-bond acceptors (Lipinski definition) is 4. The number of carboxylic acids is 2. The fourth-order valence-electron chi connectivity index (χ4n) is 3.83. The van der Waals surface area contributed by atoms with Crippen LogP contribution in [0.3, 0.4) is 0 Å². The van der Waals surface area contributed by atoms with E-state index in [1.807, 2.05) is 90.4 Å². The molecule has 0 radical (unpaired) electrons. The zero-order chi connectivity index (χ0) is 22.3. The van der Waals surface area contributed by atoms with E-state index in [-0.39, 0.29) is 11.8 Å². The molecule has 2 saturated heterocycles. The smallest absolute Gasteiger partial charge is 0.326 e. The fraction of sp³-hybridized carbons (Fsp3) is 0.444. The van der Waals surface area contributed by atoms with Gasteiger partial charge in [-0.05, 0) is 116 Å². The Morgan fingerprint density at radius 3 is 1.23 bits per heavy atom. The zero-order valence-corrected chi connectivity index (χ0v) is 24.0. The van der Waals surface area contributed by atoms with Gasteiger partial charge in [0.15, 0.2) is 0 Å². The molecule has 2 N–H and O–H groups in total. The molecule has 0 saturated carbocycles. The molecule has 2 atom stereocenters. The number of carboxylic acid groups (broad SMARTS) is 2. The Morgan fingerprint density at radius 1 is 0.667 bits per heavy atom. The summed E-state index contributed by atoms with van der Waals surface area (Å²) < 4.78 is 2.31. The summed E-state index contributed by atoms with van der Waals surface area (Å²) in [7, 11) is 0. The summed E-state index contributed by atoms with van der Waals surface area (Å²) >= 11 is 8.07. The van der Waals surface area contributed by atoms with Gasteiger partial charge in [-0.25, -0.2) is 9.59 Å². The van der Waals surface area contributed by atoms with Gasteiger partial charge in [-0.1, -0.05) is 0 Å². The first-order valence-electron chi connectivity index (χ1n) is 9.01. The van der Waals surface area contributed by atoms with Gasteiger partial charge in [-0.2, -0.15) is 0 Å². The fourth-order valence-corrected chi connectivity index (χ4v) is 7.94. The third-order valence-electron chi connectivity index (χ3n) is 5.29. The van der Waals surface area contributed by atoms with Gasteiger partial charge in [0.1, 0.15) is 12.1 Å². The average Bonchev–Trinajstić information content (AvgIpc) is 3.36. The molecule has 162 valence electrons. The normalized spacial score (nSPS) is 21.2. The van der Waals surface area contributed by atoms with Crippen molar-refractivity contribution in [3.8, 4) is 0 Å². The second-order valence-corrected chi connectivity index (χ2v) is 11.3. The van der Waals surface area contributed by atoms with Crippen molar-refractivity contribution in [2.45, 2.75) is 37.8 Å². The quantitative estimate of drug-likeness (QED) is 0.355. The van der Waals surface area contributed by atoms with Crippen LogP contribution in [0.1, 0.15) is 46.4 Å². The van der Waals surface area contributed by atoms with Crippen LogP contribution < -0.4 is 0 Å². The van der Waals surface area contributed by atoms with E-state index in [0.29, 0.717) is 64.2 Å². The molecule has 8 nitrogen and oxygen atoms in total. The van der Waals surface area contributed by atoms with Gasteiger partial charge in [-0.15, -0.1) is 0 Å². The summed E-state index contributed by atoms with van der Waals surface area (Å²) in [5, 5.41) is 18.9. The predicted molar refractivity (Wildman–Crippen MR) is 141 cm³/mol. The van der Waals surface area contributed by atoms with Gasteiger partial charge in [0.2, 0.25) is 0 Å². The number of halogens is 4. The van der Waals surface area contributed by atoms with Crippen LogP contribution in [0.5, 0.6) is 0 Å². The molecular weight excluding hydrogens is 848 g/mol. The molecule has 2 fully saturated rings. The van der Waals surface area contributed by atoms with Crippen molar-refractivity contribution in [3.63, 3.8) is 0 Å². The molecular formula is C18H16I4N2O6. The van der Waals surface area contributed by atoms with E-state index in [0.717, 1.165) is 0 Å². The van der Waals surface area contributed by atoms with Crippen LogP contribution in [0.15, 0.2) is 0 Å². The zero-order valence-electron chi connectivity index (χ0n) is 15.3. The van der Waals surface area contributed by atoms with Gasteiger partial charge in [-0.3, -0.25) is 9.59 Å². The Bertz CT molecular complexity index is 849. The second kappa shape index (κ2) is 9.88. The lowest BCUT2D eigenvalue weighted by molar-refractivity contribution is -0.142. The van der Waals surface area contributed by atoms with Gasteiger partial charge in [0.05, 0.1) is 11.1 Å². The van der Waals surface area contributed by atoms with Gasteiger partial charge in [0.25, 0.3) is 11.8 Å². The largest absolute Gasteiger partial charge is 0.480 e. The Kier molecular flexibility index (Phi) is 8.12. The Morgan fingerprint density at radius 2 is 0.967 bits per heavy atom. The molecule has 30 heavy (non-hydrogen) atoms. The summed E-state index contributed by atoms with van der Waals surface area (Å²) in [5.74, 6) is -2.74. The highest BCUT2D eigenvalue weighted by atomic mass is 127. The van der Waals surface area contributed by atoms with Gasteiger partial charge in [0, 0.05) is 27.4 Å². The minimum Gasteiger partial charge on any atom is -0.480 e. The number of aliphatic carboxylic acids is 2. The predicted octanol–water partition coefficient (Wildman–Crippen LogP) is 3.48. The second-order valence-electron chi connectivity index (χ2n) is 7.00. The number of likely N-dealkylation sites (tertiary alicyclic amines) is 2. The van der Waals surface area contributed by atoms with E-state index in [1.54, 1.807) is 0 Å². The molecule has 2 aliphatic heterocycles. The summed E-state index contributed by atoms with van der Waals surface area (Å²) in [6.07, 6.45) is 2.10. The molecule has 12 heteroatoms. The van der Waals surface area contributed by atoms with Gasteiger partial charge < -0.3 is 20.0 Å². The molecule has 0 spiro atoms. The Balaban J connectivity index is 2.04. The topological polar surface area (TPSA) is 115 Å². The number of benzene rings is 1. The Labute approximate surface area is 227 Å². The summed E-state index contributed by atoms with van der Waals surface area (Å²) in [5.41, 5.74) is 0.789. The summed E-state index contributed by atoms with van der Waals surface area (Å²) in [6, 6.07) is -1.69. The van der Waals surface area contributed by atoms with Crippen molar-refractivity contribution in [1.29, 1.82) is 0 Å². The number of carbonyl (C=O) groups excluding carboxylic acids is 2. The Hall–Kier alpha value is 0.0200. The third-order valence-corrected chi connectivity index (χ3v) is 11.7. The van der Waals surface area contributed by atoms with Crippen LogP contribution >= 0.6 is 90.4 Å². The van der Waals surface area contributed by atoms with E-state index in [1.165, 1.54) is 9.80 Å². The van der Waals surface area contributed by atoms with Crippen LogP contribution in [-0.4, -0.2) is 68.9 Å². The number of nitrogens with zero attached hydrogens (tertiary/aromatic N) is 2. The number of carbonyl (C=O) groups is 4. The molecule has 2 aliphatic rings. The lowest BCUT2D eigenvalue weighted by Gasteiger charge is -2.26. The lowest BCUT2D eigenvalue weighted by atomic mass is 10.1. The molecule has 0 bridgehead atoms. The molecule has 2 amide bonds. The van der Waals surface area contributed by atoms with Crippen molar-refractivity contribution in [1.82, 2.24) is 9.80 Å². The minimum atomic E-state index is -1.02. The molecule has 0 aliphatic carbocycles. The first-order valence-corrected chi connectivity index (χ1v) is 13.3. The van der Waals surface area contributed by atoms with Crippen molar-refractivity contribution >= 4 is 114 Å². The number of rotatable bonds is 4. The minimum absolute atomic E-state index is 0.354. The molecule has 1 aromatic carbocycles. The van der Waals surface area contributed by atoms with Crippen LogP contribution in [0, 0.1) is 14.3 Å². The first kappa shape index (κ1) is 24.7. The standard InChI is InChI=1S/C18H16I4N2O6/c19-11-9(15(25)23-5-1-3-7(23)17(27)28)12(20)14(22)10(13(11)21)16(26)24-6-2-4-8(24)18(29)30/h7-8H,1-6H2,(H,27,28)(H,29,30)/t7-,8-/m0/s1. The maximum absolute atomic E-state index is 13.3. The SMILES string of the molecule is O=C(O)[C@@H]1CCCN1C(=O)c1c(I)c(I)c(C(=O)N2CCC[C@H]2C(=O)O)c(I)c1I. The van der Waals surface area contributed by atoms with Crippen LogP contribution in [0.4, 0.5) is 0 Å². The summed E-state index contributed by atoms with van der Waals surface area (Å²) in [4.78, 5) is 52.3. The molecule has 3 rings (SSSR count). The van der Waals surface area contributed by atoms with Crippen molar-refractivity contribution in [2.75, 3.05) is 13.1 Å². The first-order chi connectivity index (χ1) is 14.1. The highest BCUT2D eigenvalue weighted by molar-refractivity contribution is 14.1. The van der Waals surface area contributed by atoms with Crippen LogP contribution in [0.2, 0.25) is 0 Å². The molecule has 2 heterocycles. The maximum atomic E-state index is 13.3. The highest BCUT2D eigenvalue weighted by Crippen LogP contribution is 2.36. The number of hydrogen-bond donors (Lipinski definition) is 2. The maximum Gasteiger partial charge on any atom is 0.326 e. The monoisotopic (exact) mass is 864 g/mol. The lowest BCUT2D eigenvalue weighted by Crippen LogP contribution is -2.42. The van der Waals surface area contributed by atoms with Gasteiger partial charge >= 0.3 is 11.9 Å². The van der Waals surface area contributed by atoms with E-state index in [4.69, 9.17) is 0 Å². The van der Waals surface area contributed by atoms with Crippen molar-refractivity contribution < 1.29 is 29.4 Å². The average molecular weight is 864 g/mol.